The molecule has 0 bridgehead atoms. The highest BCUT2D eigenvalue weighted by molar-refractivity contribution is 5.85. The van der Waals surface area contributed by atoms with Crippen molar-refractivity contribution in [3.05, 3.63) is 0 Å². The van der Waals surface area contributed by atoms with Gasteiger partial charge in [0.2, 0.25) is 0 Å². The van der Waals surface area contributed by atoms with Gasteiger partial charge in [0.15, 0.2) is 0 Å². The minimum absolute atomic E-state index is 0.335. The third-order valence-electron chi connectivity index (χ3n) is 4.56. The van der Waals surface area contributed by atoms with Crippen molar-refractivity contribution in [3.8, 4) is 0 Å². The second-order valence-electron chi connectivity index (χ2n) is 5.73. The van der Waals surface area contributed by atoms with E-state index in [1.807, 2.05) is 0 Å². The lowest BCUT2D eigenvalue weighted by Gasteiger charge is -2.41. The average Bonchev–Trinajstić information content (AvgIpc) is 2.89. The Hall–Kier alpha value is -0.610. The monoisotopic (exact) mass is 236 g/mol. The van der Waals surface area contributed by atoms with E-state index in [1.165, 1.54) is 57.1 Å². The predicted molar refractivity (Wildman–Crippen MR) is 69.4 cm³/mol. The third kappa shape index (κ3) is 2.63. The van der Waals surface area contributed by atoms with Gasteiger partial charge in [-0.15, -0.1) is 0 Å². The topological polar surface area (TPSA) is 48.5 Å². The Labute approximate surface area is 104 Å². The fraction of sp³-hybridized carbons (Fsp3) is 0.923. The van der Waals surface area contributed by atoms with Crippen molar-refractivity contribution < 1.29 is 0 Å². The molecule has 4 nitrogen and oxygen atoms in total. The lowest BCUT2D eigenvalue weighted by Crippen LogP contribution is -2.61. The Balaban J connectivity index is 1.59. The Morgan fingerprint density at radius 1 is 1.06 bits per heavy atom. The zero-order valence-electron chi connectivity index (χ0n) is 10.5. The van der Waals surface area contributed by atoms with Gasteiger partial charge in [-0.05, 0) is 50.4 Å². The first-order valence-electron chi connectivity index (χ1n) is 7.23. The van der Waals surface area contributed by atoms with Gasteiger partial charge >= 0.3 is 0 Å². The molecule has 17 heavy (non-hydrogen) atoms. The van der Waals surface area contributed by atoms with Crippen molar-refractivity contribution in [1.29, 1.82) is 0 Å². The number of nitrogens with one attached hydrogen (secondary N) is 3. The maximum atomic E-state index is 4.60. The number of hydrogen-bond acceptors (Lipinski definition) is 4. The van der Waals surface area contributed by atoms with E-state index in [9.17, 15) is 0 Å². The van der Waals surface area contributed by atoms with E-state index < -0.39 is 0 Å². The lowest BCUT2D eigenvalue weighted by atomic mass is 9.77. The van der Waals surface area contributed by atoms with Crippen LogP contribution >= 0.6 is 0 Å². The molecule has 3 aliphatic rings. The number of hydrazine groups is 1. The van der Waals surface area contributed by atoms with Crippen LogP contribution in [0.3, 0.4) is 0 Å². The van der Waals surface area contributed by atoms with Crippen LogP contribution in [0.4, 0.5) is 0 Å². The minimum atomic E-state index is 0.335. The van der Waals surface area contributed by atoms with Crippen LogP contribution in [0, 0.1) is 11.8 Å². The number of rotatable bonds is 2. The van der Waals surface area contributed by atoms with Gasteiger partial charge in [-0.25, -0.2) is 5.43 Å². The maximum Gasteiger partial charge on any atom is 0.109 e. The summed E-state index contributed by atoms with van der Waals surface area (Å²) < 4.78 is 0. The van der Waals surface area contributed by atoms with Crippen LogP contribution in [0.2, 0.25) is 0 Å². The van der Waals surface area contributed by atoms with Crippen molar-refractivity contribution >= 4 is 5.71 Å². The lowest BCUT2D eigenvalue weighted by molar-refractivity contribution is 0.0995. The molecule has 4 heteroatoms. The van der Waals surface area contributed by atoms with Gasteiger partial charge < -0.3 is 0 Å². The summed E-state index contributed by atoms with van der Waals surface area (Å²) in [7, 11) is 0. The second kappa shape index (κ2) is 5.36. The average molecular weight is 236 g/mol. The smallest absolute Gasteiger partial charge is 0.109 e. The van der Waals surface area contributed by atoms with Gasteiger partial charge in [0.1, 0.15) is 6.17 Å². The van der Waals surface area contributed by atoms with Crippen LogP contribution in [0.1, 0.15) is 51.4 Å². The molecule has 0 radical (unpaired) electrons. The van der Waals surface area contributed by atoms with E-state index in [0.717, 1.165) is 18.4 Å². The molecule has 96 valence electrons. The summed E-state index contributed by atoms with van der Waals surface area (Å²) in [5.74, 6) is 1.60. The molecular formula is C13H24N4. The highest BCUT2D eigenvalue weighted by Gasteiger charge is 2.34. The van der Waals surface area contributed by atoms with Gasteiger partial charge in [-0.2, -0.15) is 5.10 Å². The summed E-state index contributed by atoms with van der Waals surface area (Å²) in [5.41, 5.74) is 11.4. The van der Waals surface area contributed by atoms with Crippen molar-refractivity contribution in [2.75, 3.05) is 6.54 Å². The van der Waals surface area contributed by atoms with Crippen molar-refractivity contribution in [3.63, 3.8) is 0 Å². The molecule has 2 aliphatic carbocycles. The molecule has 1 heterocycles. The summed E-state index contributed by atoms with van der Waals surface area (Å²) in [5, 5.41) is 4.60. The summed E-state index contributed by atoms with van der Waals surface area (Å²) in [6, 6.07) is 0. The molecule has 1 aliphatic heterocycles. The number of hydrogen-bond donors (Lipinski definition) is 3. The molecule has 1 saturated heterocycles. The van der Waals surface area contributed by atoms with Crippen LogP contribution in [-0.4, -0.2) is 18.4 Å². The number of nitrogens with zero attached hydrogens (tertiary/aromatic N) is 1. The van der Waals surface area contributed by atoms with Crippen molar-refractivity contribution in [2.24, 2.45) is 16.9 Å². The summed E-state index contributed by atoms with van der Waals surface area (Å²) in [6.07, 6.45) is 10.9. The van der Waals surface area contributed by atoms with Gasteiger partial charge in [-0.1, -0.05) is 12.8 Å². The van der Waals surface area contributed by atoms with E-state index >= 15 is 0 Å². The highest BCUT2D eigenvalue weighted by atomic mass is 15.5. The van der Waals surface area contributed by atoms with E-state index in [1.54, 1.807) is 0 Å². The molecule has 0 aromatic rings. The van der Waals surface area contributed by atoms with Gasteiger partial charge in [0.05, 0.1) is 0 Å². The van der Waals surface area contributed by atoms with E-state index in [4.69, 9.17) is 0 Å². The van der Waals surface area contributed by atoms with Crippen LogP contribution in [0.5, 0.6) is 0 Å². The van der Waals surface area contributed by atoms with Crippen LogP contribution < -0.4 is 16.3 Å². The highest BCUT2D eigenvalue weighted by Crippen LogP contribution is 2.32. The normalized spacial score (nSPS) is 37.6. The first-order valence-corrected chi connectivity index (χ1v) is 7.23. The molecule has 0 spiro atoms. The fourth-order valence-electron chi connectivity index (χ4n) is 3.52. The van der Waals surface area contributed by atoms with E-state index in [0.29, 0.717) is 6.17 Å². The summed E-state index contributed by atoms with van der Waals surface area (Å²) in [6.45, 7) is 1.12. The van der Waals surface area contributed by atoms with Crippen molar-refractivity contribution in [2.45, 2.75) is 57.5 Å². The van der Waals surface area contributed by atoms with E-state index in [-0.39, 0.29) is 0 Å². The Morgan fingerprint density at radius 2 is 1.88 bits per heavy atom. The van der Waals surface area contributed by atoms with E-state index in [2.05, 4.69) is 21.4 Å². The predicted octanol–water partition coefficient (Wildman–Crippen LogP) is 1.75. The van der Waals surface area contributed by atoms with Crippen LogP contribution in [0.25, 0.3) is 0 Å². The molecule has 0 amide bonds. The van der Waals surface area contributed by atoms with Gasteiger partial charge in [0, 0.05) is 12.3 Å². The Kier molecular flexibility index (Phi) is 3.62. The molecular weight excluding hydrogens is 212 g/mol. The fourth-order valence-corrected chi connectivity index (χ4v) is 3.52. The number of fused-ring (bicyclic) bond motifs is 1. The first-order chi connectivity index (χ1) is 8.43. The molecule has 3 fully saturated rings. The Bertz CT molecular complexity index is 279. The first kappa shape index (κ1) is 11.5. The molecule has 3 N–H and O–H groups in total. The molecule has 3 rings (SSSR count). The molecule has 3 atom stereocenters. The van der Waals surface area contributed by atoms with Crippen LogP contribution in [0.15, 0.2) is 5.10 Å². The van der Waals surface area contributed by atoms with Gasteiger partial charge in [0.25, 0.3) is 0 Å². The SMILES string of the molecule is C1CCC(=NNC2NNCC3CCCCC32)C1. The summed E-state index contributed by atoms with van der Waals surface area (Å²) in [4.78, 5) is 0. The number of hydrazone groups is 1. The minimum Gasteiger partial charge on any atom is -0.291 e. The standard InChI is InChI=1S/C13H24N4/c1-4-8-12-10(5-1)9-14-16-13(12)17-15-11-6-2-3-7-11/h10,12-14,16-17H,1-9H2. The largest absolute Gasteiger partial charge is 0.291 e. The Morgan fingerprint density at radius 3 is 2.76 bits per heavy atom. The zero-order chi connectivity index (χ0) is 11.5. The molecule has 0 aromatic heterocycles. The molecule has 2 saturated carbocycles. The van der Waals surface area contributed by atoms with Gasteiger partial charge in [-0.3, -0.25) is 10.9 Å². The summed E-state index contributed by atoms with van der Waals surface area (Å²) >= 11 is 0. The maximum absolute atomic E-state index is 4.60. The zero-order valence-corrected chi connectivity index (χ0v) is 10.5. The quantitative estimate of drug-likeness (QED) is 0.640. The molecule has 3 unspecified atom stereocenters. The van der Waals surface area contributed by atoms with Crippen molar-refractivity contribution in [1.82, 2.24) is 16.3 Å². The second-order valence-corrected chi connectivity index (χ2v) is 5.73. The molecule has 0 aromatic carbocycles. The third-order valence-corrected chi connectivity index (χ3v) is 4.56. The van der Waals surface area contributed by atoms with Crippen LogP contribution in [-0.2, 0) is 0 Å².